The highest BCUT2D eigenvalue weighted by molar-refractivity contribution is 5.61. The fourth-order valence-electron chi connectivity index (χ4n) is 2.40. The third-order valence-corrected chi connectivity index (χ3v) is 3.22. The van der Waals surface area contributed by atoms with E-state index in [1.165, 1.54) is 0 Å². The van der Waals surface area contributed by atoms with Crippen molar-refractivity contribution in [3.8, 4) is 0 Å². The van der Waals surface area contributed by atoms with Crippen LogP contribution in [0.1, 0.15) is 19.0 Å². The highest BCUT2D eigenvalue weighted by Crippen LogP contribution is 2.31. The molecule has 7 heteroatoms. The van der Waals surface area contributed by atoms with Crippen LogP contribution in [0.3, 0.4) is 0 Å². The molecule has 0 aromatic carbocycles. The summed E-state index contributed by atoms with van der Waals surface area (Å²) < 4.78 is 1.64. The molecule has 1 fully saturated rings. The van der Waals surface area contributed by atoms with E-state index in [9.17, 15) is 10.1 Å². The van der Waals surface area contributed by atoms with Crippen molar-refractivity contribution < 1.29 is 4.92 Å². The molecule has 7 nitrogen and oxygen atoms in total. The Labute approximate surface area is 106 Å². The highest BCUT2D eigenvalue weighted by atomic mass is 16.6. The molecule has 0 spiro atoms. The van der Waals surface area contributed by atoms with E-state index >= 15 is 0 Å². The highest BCUT2D eigenvalue weighted by Gasteiger charge is 2.29. The van der Waals surface area contributed by atoms with E-state index in [2.05, 4.69) is 15.3 Å². The van der Waals surface area contributed by atoms with Gasteiger partial charge in [-0.2, -0.15) is 5.10 Å². The first kappa shape index (κ1) is 12.8. The second-order valence-electron chi connectivity index (χ2n) is 4.44. The van der Waals surface area contributed by atoms with Gasteiger partial charge in [0.2, 0.25) is 5.82 Å². The molecule has 1 N–H and O–H groups in total. The average molecular weight is 253 g/mol. The van der Waals surface area contributed by atoms with Crippen LogP contribution < -0.4 is 10.2 Å². The molecule has 100 valence electrons. The summed E-state index contributed by atoms with van der Waals surface area (Å²) in [6.07, 6.45) is 1.57. The van der Waals surface area contributed by atoms with Gasteiger partial charge < -0.3 is 10.2 Å². The zero-order valence-electron chi connectivity index (χ0n) is 10.8. The molecule has 0 bridgehead atoms. The Morgan fingerprint density at radius 3 is 2.89 bits per heavy atom. The predicted molar refractivity (Wildman–Crippen MR) is 68.9 cm³/mol. The molecular weight excluding hydrogens is 234 g/mol. The standard InChI is InChI=1S/C11H19N5O2/c1-3-9-10(16(17)18)11(14(2)13-9)15-7-4-5-12-6-8-15/h12H,3-8H2,1-2H3. The van der Waals surface area contributed by atoms with Crippen molar-refractivity contribution >= 4 is 11.5 Å². The summed E-state index contributed by atoms with van der Waals surface area (Å²) in [5.41, 5.74) is 0.733. The molecule has 0 amide bonds. The van der Waals surface area contributed by atoms with Crippen LogP contribution in [0.15, 0.2) is 0 Å². The number of nitrogens with one attached hydrogen (secondary N) is 1. The summed E-state index contributed by atoms with van der Waals surface area (Å²) in [5.74, 6) is 0.639. The van der Waals surface area contributed by atoms with E-state index in [1.807, 2.05) is 6.92 Å². The van der Waals surface area contributed by atoms with E-state index in [0.717, 1.165) is 32.6 Å². The lowest BCUT2D eigenvalue weighted by Crippen LogP contribution is -2.30. The van der Waals surface area contributed by atoms with Gasteiger partial charge in [-0.3, -0.25) is 10.1 Å². The van der Waals surface area contributed by atoms with Crippen molar-refractivity contribution in [2.75, 3.05) is 31.1 Å². The monoisotopic (exact) mass is 253 g/mol. The van der Waals surface area contributed by atoms with Gasteiger partial charge in [-0.1, -0.05) is 6.92 Å². The molecule has 0 saturated carbocycles. The minimum absolute atomic E-state index is 0.168. The lowest BCUT2D eigenvalue weighted by Gasteiger charge is -2.20. The Kier molecular flexibility index (Phi) is 3.81. The van der Waals surface area contributed by atoms with Crippen LogP contribution in [-0.2, 0) is 13.5 Å². The molecule has 1 saturated heterocycles. The predicted octanol–water partition coefficient (Wildman–Crippen LogP) is 0.690. The van der Waals surface area contributed by atoms with Gasteiger partial charge in [0.05, 0.1) is 4.92 Å². The van der Waals surface area contributed by atoms with Gasteiger partial charge in [-0.15, -0.1) is 0 Å². The average Bonchev–Trinajstić information content (AvgIpc) is 2.53. The van der Waals surface area contributed by atoms with Crippen molar-refractivity contribution in [2.24, 2.45) is 7.05 Å². The maximum atomic E-state index is 11.3. The van der Waals surface area contributed by atoms with Crippen LogP contribution in [0.25, 0.3) is 0 Å². The topological polar surface area (TPSA) is 76.2 Å². The second kappa shape index (κ2) is 5.34. The van der Waals surface area contributed by atoms with E-state index in [-0.39, 0.29) is 10.6 Å². The summed E-state index contributed by atoms with van der Waals surface area (Å²) in [5, 5.41) is 18.8. The lowest BCUT2D eigenvalue weighted by molar-refractivity contribution is -0.384. The Morgan fingerprint density at radius 2 is 2.22 bits per heavy atom. The Balaban J connectivity index is 2.41. The first-order chi connectivity index (χ1) is 8.65. The molecule has 1 aliphatic rings. The summed E-state index contributed by atoms with van der Waals surface area (Å²) >= 11 is 0. The first-order valence-corrected chi connectivity index (χ1v) is 6.31. The lowest BCUT2D eigenvalue weighted by atomic mass is 10.2. The van der Waals surface area contributed by atoms with Gasteiger partial charge in [-0.05, 0) is 19.4 Å². The van der Waals surface area contributed by atoms with E-state index in [4.69, 9.17) is 0 Å². The number of aromatic nitrogens is 2. The molecule has 0 aliphatic carbocycles. The fourth-order valence-corrected chi connectivity index (χ4v) is 2.40. The van der Waals surface area contributed by atoms with Crippen molar-refractivity contribution in [3.05, 3.63) is 15.8 Å². The number of hydrogen-bond acceptors (Lipinski definition) is 5. The van der Waals surface area contributed by atoms with Crippen LogP contribution in [0.5, 0.6) is 0 Å². The molecule has 2 heterocycles. The molecule has 1 aromatic rings. The van der Waals surface area contributed by atoms with Crippen LogP contribution in [0.2, 0.25) is 0 Å². The Hall–Kier alpha value is -1.63. The third kappa shape index (κ3) is 2.31. The normalized spacial score (nSPS) is 16.7. The van der Waals surface area contributed by atoms with E-state index in [0.29, 0.717) is 17.9 Å². The summed E-state index contributed by atoms with van der Waals surface area (Å²) in [4.78, 5) is 13.0. The summed E-state index contributed by atoms with van der Waals surface area (Å²) in [7, 11) is 1.78. The molecule has 1 aromatic heterocycles. The van der Waals surface area contributed by atoms with Crippen LogP contribution in [-0.4, -0.2) is 40.9 Å². The number of nitro groups is 1. The minimum Gasteiger partial charge on any atom is -0.350 e. The minimum atomic E-state index is -0.306. The van der Waals surface area contributed by atoms with Crippen molar-refractivity contribution in [2.45, 2.75) is 19.8 Å². The van der Waals surface area contributed by atoms with Crippen molar-refractivity contribution in [1.82, 2.24) is 15.1 Å². The quantitative estimate of drug-likeness (QED) is 0.633. The molecule has 0 unspecified atom stereocenters. The van der Waals surface area contributed by atoms with Gasteiger partial charge in [0.1, 0.15) is 5.69 Å². The molecule has 18 heavy (non-hydrogen) atoms. The fraction of sp³-hybridized carbons (Fsp3) is 0.727. The molecule has 2 rings (SSSR count). The molecule has 0 atom stereocenters. The second-order valence-corrected chi connectivity index (χ2v) is 4.44. The van der Waals surface area contributed by atoms with Gasteiger partial charge in [0.15, 0.2) is 0 Å². The largest absolute Gasteiger partial charge is 0.350 e. The zero-order valence-corrected chi connectivity index (χ0v) is 10.8. The maximum absolute atomic E-state index is 11.3. The van der Waals surface area contributed by atoms with Gasteiger partial charge in [0, 0.05) is 26.7 Å². The maximum Gasteiger partial charge on any atom is 0.334 e. The van der Waals surface area contributed by atoms with Crippen molar-refractivity contribution in [1.29, 1.82) is 0 Å². The van der Waals surface area contributed by atoms with Gasteiger partial charge in [-0.25, -0.2) is 4.68 Å². The molecular formula is C11H19N5O2. The SMILES string of the molecule is CCc1nn(C)c(N2CCCNCC2)c1[N+](=O)[O-]. The van der Waals surface area contributed by atoms with Crippen molar-refractivity contribution in [3.63, 3.8) is 0 Å². The number of hydrogen-bond donors (Lipinski definition) is 1. The third-order valence-electron chi connectivity index (χ3n) is 3.22. The van der Waals surface area contributed by atoms with Crippen LogP contribution >= 0.6 is 0 Å². The smallest absolute Gasteiger partial charge is 0.334 e. The number of aryl methyl sites for hydroxylation is 2. The van der Waals surface area contributed by atoms with Crippen LogP contribution in [0, 0.1) is 10.1 Å². The number of anilines is 1. The van der Waals surface area contributed by atoms with E-state index < -0.39 is 0 Å². The van der Waals surface area contributed by atoms with Crippen LogP contribution in [0.4, 0.5) is 11.5 Å². The van der Waals surface area contributed by atoms with Gasteiger partial charge >= 0.3 is 5.69 Å². The Bertz CT molecular complexity index is 435. The zero-order chi connectivity index (χ0) is 13.1. The molecule has 0 radical (unpaired) electrons. The Morgan fingerprint density at radius 1 is 1.44 bits per heavy atom. The summed E-state index contributed by atoms with van der Waals surface area (Å²) in [6.45, 7) is 5.32. The molecule has 1 aliphatic heterocycles. The number of rotatable bonds is 3. The first-order valence-electron chi connectivity index (χ1n) is 6.31. The van der Waals surface area contributed by atoms with E-state index in [1.54, 1.807) is 11.7 Å². The van der Waals surface area contributed by atoms with Gasteiger partial charge in [0.25, 0.3) is 0 Å². The summed E-state index contributed by atoms with van der Waals surface area (Å²) in [6, 6.07) is 0. The number of nitrogens with zero attached hydrogens (tertiary/aromatic N) is 4.